The SMILES string of the molecule is CC(C)NCCCC(=O)N(CCO)CC(F)(F)F. The number of rotatable bonds is 8. The lowest BCUT2D eigenvalue weighted by molar-refractivity contribution is -0.162. The minimum atomic E-state index is -4.43. The van der Waals surface area contributed by atoms with E-state index >= 15 is 0 Å². The van der Waals surface area contributed by atoms with Crippen LogP contribution in [0, 0.1) is 0 Å². The fourth-order valence-corrected chi connectivity index (χ4v) is 1.42. The van der Waals surface area contributed by atoms with Gasteiger partial charge in [-0.25, -0.2) is 0 Å². The molecule has 0 aromatic carbocycles. The fourth-order valence-electron chi connectivity index (χ4n) is 1.42. The first-order chi connectivity index (χ1) is 8.26. The molecule has 0 heterocycles. The molecule has 0 saturated heterocycles. The summed E-state index contributed by atoms with van der Waals surface area (Å²) in [6.45, 7) is 2.43. The van der Waals surface area contributed by atoms with E-state index in [2.05, 4.69) is 5.32 Å². The van der Waals surface area contributed by atoms with Gasteiger partial charge in [-0.3, -0.25) is 4.79 Å². The number of nitrogens with one attached hydrogen (secondary N) is 1. The highest BCUT2D eigenvalue weighted by Crippen LogP contribution is 2.17. The summed E-state index contributed by atoms with van der Waals surface area (Å²) in [6, 6.07) is 0.281. The second-order valence-electron chi connectivity index (χ2n) is 4.37. The van der Waals surface area contributed by atoms with E-state index in [1.54, 1.807) is 0 Å². The van der Waals surface area contributed by atoms with Crippen molar-refractivity contribution < 1.29 is 23.1 Å². The summed E-state index contributed by atoms with van der Waals surface area (Å²) < 4.78 is 36.6. The fraction of sp³-hybridized carbons (Fsp3) is 0.909. The average molecular weight is 270 g/mol. The maximum Gasteiger partial charge on any atom is 0.406 e. The number of nitrogens with zero attached hydrogens (tertiary/aromatic N) is 1. The molecule has 0 fully saturated rings. The molecule has 18 heavy (non-hydrogen) atoms. The monoisotopic (exact) mass is 270 g/mol. The summed E-state index contributed by atoms with van der Waals surface area (Å²) >= 11 is 0. The van der Waals surface area contributed by atoms with Gasteiger partial charge in [-0.15, -0.1) is 0 Å². The van der Waals surface area contributed by atoms with Gasteiger partial charge >= 0.3 is 6.18 Å². The van der Waals surface area contributed by atoms with Crippen LogP contribution in [0.5, 0.6) is 0 Å². The molecule has 0 aliphatic carbocycles. The number of carbonyl (C=O) groups excluding carboxylic acids is 1. The Labute approximate surface area is 105 Å². The van der Waals surface area contributed by atoms with Crippen LogP contribution in [0.2, 0.25) is 0 Å². The number of amides is 1. The molecule has 1 amide bonds. The molecule has 0 bridgehead atoms. The van der Waals surface area contributed by atoms with Crippen molar-refractivity contribution in [2.75, 3.05) is 26.2 Å². The molecular formula is C11H21F3N2O2. The van der Waals surface area contributed by atoms with E-state index in [0.29, 0.717) is 17.9 Å². The Hall–Kier alpha value is -0.820. The highest BCUT2D eigenvalue weighted by Gasteiger charge is 2.32. The van der Waals surface area contributed by atoms with Crippen molar-refractivity contribution >= 4 is 5.91 Å². The van der Waals surface area contributed by atoms with Crippen LogP contribution < -0.4 is 5.32 Å². The Balaban J connectivity index is 4.06. The minimum Gasteiger partial charge on any atom is -0.395 e. The summed E-state index contributed by atoms with van der Waals surface area (Å²) in [5.74, 6) is -0.577. The van der Waals surface area contributed by atoms with E-state index in [4.69, 9.17) is 5.11 Å². The summed E-state index contributed by atoms with van der Waals surface area (Å²) in [5, 5.41) is 11.7. The second-order valence-corrected chi connectivity index (χ2v) is 4.37. The Kier molecular flexibility index (Phi) is 7.93. The molecule has 0 spiro atoms. The Morgan fingerprint density at radius 3 is 2.44 bits per heavy atom. The van der Waals surface area contributed by atoms with E-state index in [1.807, 2.05) is 13.8 Å². The Morgan fingerprint density at radius 1 is 1.39 bits per heavy atom. The van der Waals surface area contributed by atoms with Crippen molar-refractivity contribution in [2.24, 2.45) is 0 Å². The van der Waals surface area contributed by atoms with Crippen LogP contribution in [-0.2, 0) is 4.79 Å². The number of alkyl halides is 3. The molecule has 2 N–H and O–H groups in total. The summed E-state index contributed by atoms with van der Waals surface area (Å²) in [5.41, 5.74) is 0. The lowest BCUT2D eigenvalue weighted by atomic mass is 10.2. The first kappa shape index (κ1) is 17.2. The van der Waals surface area contributed by atoms with Crippen molar-refractivity contribution in [3.8, 4) is 0 Å². The standard InChI is InChI=1S/C11H21F3N2O2/c1-9(2)15-5-3-4-10(18)16(6-7-17)8-11(12,13)14/h9,15,17H,3-8H2,1-2H3. The Bertz CT molecular complexity index is 245. The van der Waals surface area contributed by atoms with Gasteiger partial charge in [-0.1, -0.05) is 13.8 Å². The highest BCUT2D eigenvalue weighted by molar-refractivity contribution is 5.76. The van der Waals surface area contributed by atoms with Gasteiger partial charge < -0.3 is 15.3 Å². The van der Waals surface area contributed by atoms with Crippen molar-refractivity contribution in [2.45, 2.75) is 38.9 Å². The molecule has 0 aliphatic rings. The van der Waals surface area contributed by atoms with Crippen LogP contribution in [0.4, 0.5) is 13.2 Å². The zero-order valence-electron chi connectivity index (χ0n) is 10.8. The van der Waals surface area contributed by atoms with E-state index in [1.165, 1.54) is 0 Å². The third-order valence-electron chi connectivity index (χ3n) is 2.21. The lowest BCUT2D eigenvalue weighted by Gasteiger charge is -2.23. The zero-order valence-corrected chi connectivity index (χ0v) is 10.8. The molecule has 0 rings (SSSR count). The number of hydrogen-bond acceptors (Lipinski definition) is 3. The maximum absolute atomic E-state index is 12.2. The van der Waals surface area contributed by atoms with Crippen LogP contribution in [-0.4, -0.2) is 54.4 Å². The van der Waals surface area contributed by atoms with Crippen LogP contribution in [0.1, 0.15) is 26.7 Å². The summed E-state index contributed by atoms with van der Waals surface area (Å²) in [4.78, 5) is 12.2. The lowest BCUT2D eigenvalue weighted by Crippen LogP contribution is -2.40. The van der Waals surface area contributed by atoms with Gasteiger partial charge in [0.15, 0.2) is 0 Å². The molecule has 0 aliphatic heterocycles. The van der Waals surface area contributed by atoms with Gasteiger partial charge in [0.25, 0.3) is 0 Å². The van der Waals surface area contributed by atoms with E-state index in [0.717, 1.165) is 0 Å². The summed E-state index contributed by atoms with van der Waals surface area (Å²) in [6.07, 6.45) is -3.90. The van der Waals surface area contributed by atoms with Gasteiger partial charge in [0.1, 0.15) is 6.54 Å². The number of halogens is 3. The molecule has 7 heteroatoms. The van der Waals surface area contributed by atoms with Gasteiger partial charge in [-0.2, -0.15) is 13.2 Å². The first-order valence-electron chi connectivity index (χ1n) is 5.95. The summed E-state index contributed by atoms with van der Waals surface area (Å²) in [7, 11) is 0. The van der Waals surface area contributed by atoms with Crippen LogP contribution >= 0.6 is 0 Å². The van der Waals surface area contributed by atoms with E-state index < -0.39 is 25.2 Å². The van der Waals surface area contributed by atoms with Gasteiger partial charge in [-0.05, 0) is 13.0 Å². The van der Waals surface area contributed by atoms with E-state index in [9.17, 15) is 18.0 Å². The molecule has 0 aromatic heterocycles. The van der Waals surface area contributed by atoms with Crippen molar-refractivity contribution in [3.05, 3.63) is 0 Å². The number of aliphatic hydroxyl groups excluding tert-OH is 1. The van der Waals surface area contributed by atoms with Crippen LogP contribution in [0.25, 0.3) is 0 Å². The predicted molar refractivity (Wildman–Crippen MR) is 62.1 cm³/mol. The predicted octanol–water partition coefficient (Wildman–Crippen LogP) is 1.15. The molecule has 4 nitrogen and oxygen atoms in total. The number of hydrogen-bond donors (Lipinski definition) is 2. The smallest absolute Gasteiger partial charge is 0.395 e. The topological polar surface area (TPSA) is 52.6 Å². The first-order valence-corrected chi connectivity index (χ1v) is 5.95. The molecule has 0 saturated carbocycles. The van der Waals surface area contributed by atoms with E-state index in [-0.39, 0.29) is 19.0 Å². The maximum atomic E-state index is 12.2. The van der Waals surface area contributed by atoms with Crippen molar-refractivity contribution in [1.29, 1.82) is 0 Å². The number of aliphatic hydroxyl groups is 1. The largest absolute Gasteiger partial charge is 0.406 e. The van der Waals surface area contributed by atoms with Crippen molar-refractivity contribution in [3.63, 3.8) is 0 Å². The molecule has 0 aromatic rings. The van der Waals surface area contributed by atoms with Crippen molar-refractivity contribution in [1.82, 2.24) is 10.2 Å². The minimum absolute atomic E-state index is 0.0514. The van der Waals surface area contributed by atoms with Crippen LogP contribution in [0.15, 0.2) is 0 Å². The van der Waals surface area contributed by atoms with Gasteiger partial charge in [0, 0.05) is 19.0 Å². The average Bonchev–Trinajstić information content (AvgIpc) is 2.21. The molecule has 0 atom stereocenters. The molecular weight excluding hydrogens is 249 g/mol. The number of carbonyl (C=O) groups is 1. The third-order valence-corrected chi connectivity index (χ3v) is 2.21. The molecule has 0 unspecified atom stereocenters. The third kappa shape index (κ3) is 9.23. The highest BCUT2D eigenvalue weighted by atomic mass is 19.4. The van der Waals surface area contributed by atoms with Crippen LogP contribution in [0.3, 0.4) is 0 Å². The van der Waals surface area contributed by atoms with Gasteiger partial charge in [0.05, 0.1) is 6.61 Å². The molecule has 108 valence electrons. The quantitative estimate of drug-likeness (QED) is 0.651. The van der Waals surface area contributed by atoms with Gasteiger partial charge in [0.2, 0.25) is 5.91 Å². The Morgan fingerprint density at radius 2 is 2.00 bits per heavy atom. The molecule has 0 radical (unpaired) electrons. The zero-order chi connectivity index (χ0) is 14.2. The second kappa shape index (κ2) is 8.31. The normalized spacial score (nSPS) is 11.9.